The maximum atomic E-state index is 12.3. The van der Waals surface area contributed by atoms with Gasteiger partial charge in [0.2, 0.25) is 10.0 Å². The Bertz CT molecular complexity index is 484. The van der Waals surface area contributed by atoms with Crippen LogP contribution in [0.1, 0.15) is 18.9 Å². The highest BCUT2D eigenvalue weighted by Gasteiger charge is 2.30. The summed E-state index contributed by atoms with van der Waals surface area (Å²) in [6.07, 6.45) is 0.957. The zero-order chi connectivity index (χ0) is 12.5. The lowest BCUT2D eigenvalue weighted by molar-refractivity contribution is 0.464. The number of sulfonamides is 1. The second kappa shape index (κ2) is 5.08. The molecule has 3 nitrogen and oxygen atoms in total. The molecule has 1 fully saturated rings. The van der Waals surface area contributed by atoms with Gasteiger partial charge in [0.25, 0.3) is 0 Å². The number of hydrogen-bond donors (Lipinski definition) is 0. The highest BCUT2D eigenvalue weighted by Crippen LogP contribution is 2.24. The van der Waals surface area contributed by atoms with Crippen molar-refractivity contribution in [2.45, 2.75) is 23.6 Å². The molecule has 0 radical (unpaired) electrons. The van der Waals surface area contributed by atoms with Crippen molar-refractivity contribution in [3.63, 3.8) is 0 Å². The van der Waals surface area contributed by atoms with Gasteiger partial charge < -0.3 is 0 Å². The molecule has 94 valence electrons. The fourth-order valence-electron chi connectivity index (χ4n) is 2.01. The Labute approximate surface area is 111 Å². The summed E-state index contributed by atoms with van der Waals surface area (Å²) in [6, 6.07) is 7.08. The molecule has 1 saturated heterocycles. The average molecular weight is 318 g/mol. The third kappa shape index (κ3) is 2.72. The van der Waals surface area contributed by atoms with Crippen LogP contribution in [-0.2, 0) is 15.4 Å². The topological polar surface area (TPSA) is 37.4 Å². The van der Waals surface area contributed by atoms with Crippen LogP contribution in [-0.4, -0.2) is 25.8 Å². The van der Waals surface area contributed by atoms with Gasteiger partial charge in [0.05, 0.1) is 4.90 Å². The molecule has 0 amide bonds. The number of halogens is 1. The predicted molar refractivity (Wildman–Crippen MR) is 71.6 cm³/mol. The fourth-order valence-corrected chi connectivity index (χ4v) is 3.96. The molecule has 0 bridgehead atoms. The van der Waals surface area contributed by atoms with E-state index >= 15 is 0 Å². The van der Waals surface area contributed by atoms with Gasteiger partial charge in [-0.05, 0) is 30.0 Å². The highest BCUT2D eigenvalue weighted by molar-refractivity contribution is 9.08. The molecule has 1 atom stereocenters. The zero-order valence-corrected chi connectivity index (χ0v) is 12.2. The molecule has 0 saturated carbocycles. The van der Waals surface area contributed by atoms with Gasteiger partial charge in [0.1, 0.15) is 0 Å². The van der Waals surface area contributed by atoms with Crippen LogP contribution in [0.5, 0.6) is 0 Å². The van der Waals surface area contributed by atoms with E-state index in [1.165, 1.54) is 0 Å². The van der Waals surface area contributed by atoms with Crippen molar-refractivity contribution in [3.05, 3.63) is 29.8 Å². The van der Waals surface area contributed by atoms with Crippen molar-refractivity contribution in [3.8, 4) is 0 Å². The van der Waals surface area contributed by atoms with Crippen molar-refractivity contribution in [2.75, 3.05) is 13.1 Å². The first-order valence-corrected chi connectivity index (χ1v) is 8.25. The summed E-state index contributed by atoms with van der Waals surface area (Å²) in [7, 11) is -3.28. The van der Waals surface area contributed by atoms with E-state index in [1.807, 2.05) is 12.1 Å². The van der Waals surface area contributed by atoms with Crippen molar-refractivity contribution < 1.29 is 8.42 Å². The van der Waals surface area contributed by atoms with E-state index < -0.39 is 10.0 Å². The summed E-state index contributed by atoms with van der Waals surface area (Å²) in [6.45, 7) is 3.37. The second-order valence-electron chi connectivity index (χ2n) is 4.53. The number of alkyl halides is 1. The molecule has 0 spiro atoms. The standard InChI is InChI=1S/C12H16BrNO2S/c1-10-6-7-14(9-10)17(15,16)12-4-2-11(8-13)3-5-12/h2-5,10H,6-9H2,1H3. The first kappa shape index (κ1) is 13.1. The maximum Gasteiger partial charge on any atom is 0.243 e. The Kier molecular flexibility index (Phi) is 3.90. The fraction of sp³-hybridized carbons (Fsp3) is 0.500. The van der Waals surface area contributed by atoms with Crippen molar-refractivity contribution >= 4 is 26.0 Å². The molecule has 1 aromatic carbocycles. The van der Waals surface area contributed by atoms with E-state index in [-0.39, 0.29) is 0 Å². The van der Waals surface area contributed by atoms with Gasteiger partial charge in [0, 0.05) is 18.4 Å². The van der Waals surface area contributed by atoms with Gasteiger partial charge >= 0.3 is 0 Å². The third-order valence-electron chi connectivity index (χ3n) is 3.10. The molecule has 17 heavy (non-hydrogen) atoms. The molecule has 1 heterocycles. The smallest absolute Gasteiger partial charge is 0.207 e. The van der Waals surface area contributed by atoms with Crippen LogP contribution < -0.4 is 0 Å². The van der Waals surface area contributed by atoms with E-state index in [0.717, 1.165) is 17.3 Å². The lowest BCUT2D eigenvalue weighted by Crippen LogP contribution is -2.28. The molecule has 0 aromatic heterocycles. The molecular formula is C12H16BrNO2S. The zero-order valence-electron chi connectivity index (χ0n) is 9.77. The van der Waals surface area contributed by atoms with E-state index in [0.29, 0.717) is 23.9 Å². The van der Waals surface area contributed by atoms with Gasteiger partial charge in [-0.25, -0.2) is 8.42 Å². The minimum Gasteiger partial charge on any atom is -0.207 e. The molecule has 2 rings (SSSR count). The first-order chi connectivity index (χ1) is 8.04. The summed E-state index contributed by atoms with van der Waals surface area (Å²) >= 11 is 3.35. The SMILES string of the molecule is CC1CCN(S(=O)(=O)c2ccc(CBr)cc2)C1. The van der Waals surface area contributed by atoms with E-state index in [4.69, 9.17) is 0 Å². The van der Waals surface area contributed by atoms with Crippen molar-refractivity contribution in [1.82, 2.24) is 4.31 Å². The van der Waals surface area contributed by atoms with Gasteiger partial charge in [-0.15, -0.1) is 0 Å². The van der Waals surface area contributed by atoms with E-state index in [9.17, 15) is 8.42 Å². The summed E-state index contributed by atoms with van der Waals surface area (Å²) in [4.78, 5) is 0.399. The molecule has 1 aliphatic rings. The van der Waals surface area contributed by atoms with Crippen molar-refractivity contribution in [2.24, 2.45) is 5.92 Å². The number of nitrogens with zero attached hydrogens (tertiary/aromatic N) is 1. The molecule has 5 heteroatoms. The molecule has 0 N–H and O–H groups in total. The van der Waals surface area contributed by atoms with Crippen LogP contribution in [0.4, 0.5) is 0 Å². The molecule has 1 aliphatic heterocycles. The van der Waals surface area contributed by atoms with Crippen LogP contribution in [0.3, 0.4) is 0 Å². The average Bonchev–Trinajstić information content (AvgIpc) is 2.77. The van der Waals surface area contributed by atoms with Crippen molar-refractivity contribution in [1.29, 1.82) is 0 Å². The summed E-state index contributed by atoms with van der Waals surface area (Å²) in [5.74, 6) is 0.464. The molecule has 0 aliphatic carbocycles. The van der Waals surface area contributed by atoms with Gasteiger partial charge in [-0.3, -0.25) is 0 Å². The minimum atomic E-state index is -3.28. The molecule has 1 unspecified atom stereocenters. The summed E-state index contributed by atoms with van der Waals surface area (Å²) in [5.41, 5.74) is 1.08. The van der Waals surface area contributed by atoms with Gasteiger partial charge in [-0.1, -0.05) is 35.0 Å². The highest BCUT2D eigenvalue weighted by atomic mass is 79.9. The Hall–Kier alpha value is -0.390. The predicted octanol–water partition coefficient (Wildman–Crippen LogP) is 2.61. The van der Waals surface area contributed by atoms with E-state index in [1.54, 1.807) is 16.4 Å². The monoisotopic (exact) mass is 317 g/mol. The first-order valence-electron chi connectivity index (χ1n) is 5.69. The minimum absolute atomic E-state index is 0.399. The van der Waals surface area contributed by atoms with E-state index in [2.05, 4.69) is 22.9 Å². The Morgan fingerprint density at radius 1 is 1.35 bits per heavy atom. The quantitative estimate of drug-likeness (QED) is 0.804. The Morgan fingerprint density at radius 3 is 2.47 bits per heavy atom. The van der Waals surface area contributed by atoms with Crippen LogP contribution in [0.25, 0.3) is 0 Å². The summed E-state index contributed by atoms with van der Waals surface area (Å²) in [5, 5.41) is 0.744. The normalized spacial score (nSPS) is 21.9. The number of hydrogen-bond acceptors (Lipinski definition) is 2. The largest absolute Gasteiger partial charge is 0.243 e. The molecule has 1 aromatic rings. The number of rotatable bonds is 3. The second-order valence-corrected chi connectivity index (χ2v) is 7.03. The Balaban J connectivity index is 2.25. The van der Waals surface area contributed by atoms with Gasteiger partial charge in [-0.2, -0.15) is 4.31 Å². The van der Waals surface area contributed by atoms with Crippen LogP contribution in [0.15, 0.2) is 29.2 Å². The molecular weight excluding hydrogens is 302 g/mol. The van der Waals surface area contributed by atoms with Gasteiger partial charge in [0.15, 0.2) is 0 Å². The lowest BCUT2D eigenvalue weighted by Gasteiger charge is -2.16. The maximum absolute atomic E-state index is 12.3. The summed E-state index contributed by atoms with van der Waals surface area (Å²) < 4.78 is 26.2. The third-order valence-corrected chi connectivity index (χ3v) is 5.63. The Morgan fingerprint density at radius 2 is 2.00 bits per heavy atom. The van der Waals surface area contributed by atoms with Crippen LogP contribution in [0, 0.1) is 5.92 Å². The van der Waals surface area contributed by atoms with Crippen LogP contribution >= 0.6 is 15.9 Å². The number of benzene rings is 1. The lowest BCUT2D eigenvalue weighted by atomic mass is 10.2. The van der Waals surface area contributed by atoms with Crippen LogP contribution in [0.2, 0.25) is 0 Å².